The first kappa shape index (κ1) is 34.7. The predicted molar refractivity (Wildman–Crippen MR) is 245 cm³/mol. The van der Waals surface area contributed by atoms with Gasteiger partial charge in [-0.15, -0.1) is 0 Å². The zero-order valence-electron chi connectivity index (χ0n) is 32.7. The second-order valence-electron chi connectivity index (χ2n) is 15.6. The van der Waals surface area contributed by atoms with Crippen LogP contribution >= 0.6 is 0 Å². The first-order valence-electron chi connectivity index (χ1n) is 20.1. The average molecular weight is 760 g/mol. The standard InChI is InChI=1S/C56H38FNO/c1-35-28-46(43-15-9-14-42(32-43)41-13-8-12-40(31-41)39-11-7-10-38(30-39)37-20-24-47(57)25-21-37)29-36(2)56(35)58-52-18-5-3-16-48(52)50-33-44(22-26-53(50)58)45-23-27-55-51(34-45)49-17-4-6-19-54(49)59-55/h3-34H,1-2H3. The van der Waals surface area contributed by atoms with Crippen LogP contribution in [-0.2, 0) is 0 Å². The van der Waals surface area contributed by atoms with Gasteiger partial charge in [-0.3, -0.25) is 0 Å². The molecular weight excluding hydrogens is 722 g/mol. The van der Waals surface area contributed by atoms with Crippen molar-refractivity contribution in [3.8, 4) is 61.3 Å². The van der Waals surface area contributed by atoms with Crippen molar-refractivity contribution >= 4 is 43.7 Å². The van der Waals surface area contributed by atoms with Gasteiger partial charge in [0.1, 0.15) is 17.0 Å². The number of nitrogens with zero attached hydrogens (tertiary/aromatic N) is 1. The molecular formula is C56H38FNO. The zero-order chi connectivity index (χ0) is 39.6. The molecule has 0 spiro atoms. The van der Waals surface area contributed by atoms with Crippen molar-refractivity contribution in [2.75, 3.05) is 0 Å². The fourth-order valence-electron chi connectivity index (χ4n) is 9.05. The molecule has 0 fully saturated rings. The van der Waals surface area contributed by atoms with Crippen LogP contribution in [0.25, 0.3) is 105 Å². The predicted octanol–water partition coefficient (Wildman–Crippen LogP) is 15.8. The topological polar surface area (TPSA) is 18.1 Å². The summed E-state index contributed by atoms with van der Waals surface area (Å²) >= 11 is 0. The van der Waals surface area contributed by atoms with Gasteiger partial charge in [0.2, 0.25) is 0 Å². The summed E-state index contributed by atoms with van der Waals surface area (Å²) in [5, 5.41) is 4.74. The van der Waals surface area contributed by atoms with Gasteiger partial charge in [-0.25, -0.2) is 4.39 Å². The molecule has 0 atom stereocenters. The molecule has 0 unspecified atom stereocenters. The van der Waals surface area contributed by atoms with E-state index in [1.165, 1.54) is 73.0 Å². The molecule has 11 aromatic rings. The van der Waals surface area contributed by atoms with Crippen LogP contribution < -0.4 is 0 Å². The highest BCUT2D eigenvalue weighted by Gasteiger charge is 2.18. The average Bonchev–Trinajstić information content (AvgIpc) is 3.81. The molecule has 11 rings (SSSR count). The first-order valence-corrected chi connectivity index (χ1v) is 20.1. The molecule has 0 bridgehead atoms. The van der Waals surface area contributed by atoms with Gasteiger partial charge in [-0.1, -0.05) is 115 Å². The van der Waals surface area contributed by atoms with E-state index in [0.29, 0.717) is 0 Å². The summed E-state index contributed by atoms with van der Waals surface area (Å²) in [4.78, 5) is 0. The Morgan fingerprint density at radius 3 is 1.44 bits per heavy atom. The summed E-state index contributed by atoms with van der Waals surface area (Å²) in [6.07, 6.45) is 0. The Hall–Kier alpha value is -7.49. The number of halogens is 1. The van der Waals surface area contributed by atoms with Gasteiger partial charge in [0, 0.05) is 21.5 Å². The summed E-state index contributed by atoms with van der Waals surface area (Å²) in [7, 11) is 0. The highest BCUT2D eigenvalue weighted by molar-refractivity contribution is 6.11. The smallest absolute Gasteiger partial charge is 0.135 e. The Morgan fingerprint density at radius 2 is 0.797 bits per heavy atom. The highest BCUT2D eigenvalue weighted by Crippen LogP contribution is 2.40. The monoisotopic (exact) mass is 759 g/mol. The number of aryl methyl sites for hydroxylation is 2. The van der Waals surface area contributed by atoms with Crippen molar-refractivity contribution in [1.82, 2.24) is 4.57 Å². The number of aromatic nitrogens is 1. The van der Waals surface area contributed by atoms with Crippen LogP contribution in [0.3, 0.4) is 0 Å². The van der Waals surface area contributed by atoms with E-state index in [1.54, 1.807) is 0 Å². The third-order valence-electron chi connectivity index (χ3n) is 11.9. The van der Waals surface area contributed by atoms with E-state index >= 15 is 0 Å². The Balaban J connectivity index is 0.949. The lowest BCUT2D eigenvalue weighted by Gasteiger charge is -2.17. The number of para-hydroxylation sites is 2. The summed E-state index contributed by atoms with van der Waals surface area (Å²) in [6, 6.07) is 67.8. The van der Waals surface area contributed by atoms with Gasteiger partial charge < -0.3 is 8.98 Å². The van der Waals surface area contributed by atoms with Crippen molar-refractivity contribution in [2.45, 2.75) is 13.8 Å². The minimum atomic E-state index is -0.228. The van der Waals surface area contributed by atoms with Crippen LogP contribution in [0.1, 0.15) is 11.1 Å². The van der Waals surface area contributed by atoms with Crippen LogP contribution in [0.15, 0.2) is 199 Å². The van der Waals surface area contributed by atoms with Gasteiger partial charge in [0.25, 0.3) is 0 Å². The number of furan rings is 1. The van der Waals surface area contributed by atoms with Gasteiger partial charge in [-0.2, -0.15) is 0 Å². The molecule has 59 heavy (non-hydrogen) atoms. The number of benzene rings is 9. The maximum atomic E-state index is 13.6. The molecule has 3 heteroatoms. The van der Waals surface area contributed by atoms with Crippen LogP contribution in [0.4, 0.5) is 4.39 Å². The lowest BCUT2D eigenvalue weighted by molar-refractivity contribution is 0.628. The largest absolute Gasteiger partial charge is 0.456 e. The van der Waals surface area contributed by atoms with E-state index in [0.717, 1.165) is 55.3 Å². The zero-order valence-corrected chi connectivity index (χ0v) is 32.7. The summed E-state index contributed by atoms with van der Waals surface area (Å²) in [5.41, 5.74) is 19.2. The Bertz CT molecular complexity index is 3400. The van der Waals surface area contributed by atoms with Gasteiger partial charge >= 0.3 is 0 Å². The lowest BCUT2D eigenvalue weighted by Crippen LogP contribution is -2.01. The Morgan fingerprint density at radius 1 is 0.339 bits per heavy atom. The van der Waals surface area contributed by atoms with Crippen molar-refractivity contribution in [2.24, 2.45) is 0 Å². The molecule has 0 N–H and O–H groups in total. The molecule has 0 radical (unpaired) electrons. The molecule has 2 heterocycles. The molecule has 0 aliphatic rings. The Labute approximate surface area is 342 Å². The first-order chi connectivity index (χ1) is 28.9. The van der Waals surface area contributed by atoms with Crippen molar-refractivity contribution in [3.63, 3.8) is 0 Å². The summed E-state index contributed by atoms with van der Waals surface area (Å²) < 4.78 is 22.2. The molecule has 0 aliphatic carbocycles. The molecule has 280 valence electrons. The van der Waals surface area contributed by atoms with E-state index in [-0.39, 0.29) is 5.82 Å². The van der Waals surface area contributed by atoms with E-state index in [2.05, 4.69) is 176 Å². The van der Waals surface area contributed by atoms with Gasteiger partial charge in [0.05, 0.1) is 16.7 Å². The molecule has 9 aromatic carbocycles. The third kappa shape index (κ3) is 6.02. The lowest BCUT2D eigenvalue weighted by atomic mass is 9.93. The molecule has 0 saturated heterocycles. The van der Waals surface area contributed by atoms with Gasteiger partial charge in [0.15, 0.2) is 0 Å². The molecule has 0 saturated carbocycles. The van der Waals surface area contributed by atoms with Crippen molar-refractivity contribution in [1.29, 1.82) is 0 Å². The molecule has 0 amide bonds. The van der Waals surface area contributed by atoms with Crippen LogP contribution in [0, 0.1) is 19.7 Å². The van der Waals surface area contributed by atoms with Crippen LogP contribution in [-0.4, -0.2) is 4.57 Å². The number of hydrogen-bond donors (Lipinski definition) is 0. The quantitative estimate of drug-likeness (QED) is 0.165. The van der Waals surface area contributed by atoms with Crippen molar-refractivity contribution in [3.05, 3.63) is 211 Å². The normalized spacial score (nSPS) is 11.6. The summed E-state index contributed by atoms with van der Waals surface area (Å²) in [6.45, 7) is 4.47. The third-order valence-corrected chi connectivity index (χ3v) is 11.9. The second kappa shape index (κ2) is 13.9. The molecule has 0 aliphatic heterocycles. The Kier molecular flexibility index (Phi) is 8.16. The minimum absolute atomic E-state index is 0.228. The number of rotatable bonds is 6. The van der Waals surface area contributed by atoms with Crippen LogP contribution in [0.5, 0.6) is 0 Å². The molecule has 2 nitrogen and oxygen atoms in total. The number of hydrogen-bond acceptors (Lipinski definition) is 1. The summed E-state index contributed by atoms with van der Waals surface area (Å²) in [5.74, 6) is -0.228. The molecule has 2 aromatic heterocycles. The maximum absolute atomic E-state index is 13.6. The number of fused-ring (bicyclic) bond motifs is 6. The van der Waals surface area contributed by atoms with Gasteiger partial charge in [-0.05, 0) is 159 Å². The van der Waals surface area contributed by atoms with Crippen LogP contribution in [0.2, 0.25) is 0 Å². The highest BCUT2D eigenvalue weighted by atomic mass is 19.1. The van der Waals surface area contributed by atoms with E-state index in [4.69, 9.17) is 4.42 Å². The van der Waals surface area contributed by atoms with E-state index in [9.17, 15) is 4.39 Å². The fourth-order valence-corrected chi connectivity index (χ4v) is 9.05. The maximum Gasteiger partial charge on any atom is 0.135 e. The van der Waals surface area contributed by atoms with E-state index < -0.39 is 0 Å². The second-order valence-corrected chi connectivity index (χ2v) is 15.6. The minimum Gasteiger partial charge on any atom is -0.456 e. The van der Waals surface area contributed by atoms with Crippen molar-refractivity contribution < 1.29 is 8.81 Å². The fraction of sp³-hybridized carbons (Fsp3) is 0.0357. The SMILES string of the molecule is Cc1cc(-c2cccc(-c3cccc(-c4cccc(-c5ccc(F)cc5)c4)c3)c2)cc(C)c1-n1c2ccccc2c2cc(-c3ccc4oc5ccccc5c4c3)ccc21. The van der Waals surface area contributed by atoms with E-state index in [1.807, 2.05) is 24.3 Å².